The molecular weight excluding hydrogens is 376 g/mol. The van der Waals surface area contributed by atoms with E-state index in [0.717, 1.165) is 5.56 Å². The highest BCUT2D eigenvalue weighted by Crippen LogP contribution is 2.17. The van der Waals surface area contributed by atoms with Crippen molar-refractivity contribution in [3.8, 4) is 22.9 Å². The molecule has 0 spiro atoms. The first-order chi connectivity index (χ1) is 14.2. The Morgan fingerprint density at radius 2 is 1.66 bits per heavy atom. The van der Waals surface area contributed by atoms with E-state index in [2.05, 4.69) is 20.8 Å². The van der Waals surface area contributed by atoms with Crippen molar-refractivity contribution in [2.75, 3.05) is 26.8 Å². The van der Waals surface area contributed by atoms with Gasteiger partial charge >= 0.3 is 11.8 Å². The molecule has 9 nitrogen and oxygen atoms in total. The Kier molecular flexibility index (Phi) is 6.77. The molecule has 0 aliphatic carbocycles. The van der Waals surface area contributed by atoms with E-state index in [1.165, 1.54) is 0 Å². The molecule has 2 N–H and O–H groups in total. The fraction of sp³-hybridized carbons (Fsp3) is 0.200. The zero-order valence-corrected chi connectivity index (χ0v) is 15.8. The number of ether oxygens (including phenoxy) is 2. The second-order valence-electron chi connectivity index (χ2n) is 5.86. The Hall–Kier alpha value is -3.88. The van der Waals surface area contributed by atoms with Gasteiger partial charge in [-0.05, 0) is 24.3 Å². The molecule has 1 aromatic heterocycles. The van der Waals surface area contributed by atoms with Gasteiger partial charge in [0.1, 0.15) is 11.5 Å². The van der Waals surface area contributed by atoms with Gasteiger partial charge in [-0.3, -0.25) is 9.59 Å². The van der Waals surface area contributed by atoms with Crippen LogP contribution < -0.4 is 20.1 Å². The van der Waals surface area contributed by atoms with Crippen LogP contribution in [0.2, 0.25) is 0 Å². The van der Waals surface area contributed by atoms with Crippen molar-refractivity contribution in [1.82, 2.24) is 20.8 Å². The summed E-state index contributed by atoms with van der Waals surface area (Å²) in [6.45, 7) is 0.302. The lowest BCUT2D eigenvalue weighted by Crippen LogP contribution is -2.36. The normalized spacial score (nSPS) is 10.2. The van der Waals surface area contributed by atoms with Crippen LogP contribution in [0.3, 0.4) is 0 Å². The van der Waals surface area contributed by atoms with E-state index in [1.54, 1.807) is 31.4 Å². The van der Waals surface area contributed by atoms with Crippen LogP contribution in [0.5, 0.6) is 11.5 Å². The van der Waals surface area contributed by atoms with E-state index in [1.807, 2.05) is 30.3 Å². The molecule has 29 heavy (non-hydrogen) atoms. The van der Waals surface area contributed by atoms with Gasteiger partial charge in [-0.2, -0.15) is 4.98 Å². The maximum absolute atomic E-state index is 12.0. The van der Waals surface area contributed by atoms with Crippen molar-refractivity contribution in [3.63, 3.8) is 0 Å². The highest BCUT2D eigenvalue weighted by Gasteiger charge is 2.15. The molecule has 9 heteroatoms. The Morgan fingerprint density at radius 1 is 0.966 bits per heavy atom. The zero-order valence-electron chi connectivity index (χ0n) is 15.8. The summed E-state index contributed by atoms with van der Waals surface area (Å²) < 4.78 is 15.4. The minimum Gasteiger partial charge on any atom is -0.497 e. The smallest absolute Gasteiger partial charge is 0.316 e. The molecule has 0 fully saturated rings. The van der Waals surface area contributed by atoms with Crippen LogP contribution in [-0.2, 0) is 4.79 Å². The molecule has 0 radical (unpaired) electrons. The SMILES string of the molecule is COc1ccc(OCC(=O)NCCNC(=O)c2nc(-c3ccccc3)no2)cc1. The predicted molar refractivity (Wildman–Crippen MR) is 104 cm³/mol. The molecule has 150 valence electrons. The summed E-state index contributed by atoms with van der Waals surface area (Å²) >= 11 is 0. The molecule has 0 aliphatic rings. The van der Waals surface area contributed by atoms with E-state index in [4.69, 9.17) is 14.0 Å². The van der Waals surface area contributed by atoms with Crippen molar-refractivity contribution in [1.29, 1.82) is 0 Å². The maximum Gasteiger partial charge on any atom is 0.316 e. The third-order valence-electron chi connectivity index (χ3n) is 3.81. The minimum atomic E-state index is -0.511. The number of nitrogens with one attached hydrogen (secondary N) is 2. The number of benzene rings is 2. The van der Waals surface area contributed by atoms with Crippen molar-refractivity contribution >= 4 is 11.8 Å². The summed E-state index contributed by atoms with van der Waals surface area (Å²) in [5.74, 6) is 0.634. The van der Waals surface area contributed by atoms with Gasteiger partial charge in [0.2, 0.25) is 5.82 Å². The van der Waals surface area contributed by atoms with Crippen LogP contribution in [0.25, 0.3) is 11.4 Å². The number of methoxy groups -OCH3 is 1. The van der Waals surface area contributed by atoms with Crippen molar-refractivity contribution in [2.45, 2.75) is 0 Å². The number of aromatic nitrogens is 2. The lowest BCUT2D eigenvalue weighted by atomic mass is 10.2. The van der Waals surface area contributed by atoms with Gasteiger partial charge in [0.05, 0.1) is 7.11 Å². The van der Waals surface area contributed by atoms with E-state index in [-0.39, 0.29) is 31.5 Å². The molecule has 0 atom stereocenters. The van der Waals surface area contributed by atoms with E-state index in [0.29, 0.717) is 17.3 Å². The molecule has 0 bridgehead atoms. The maximum atomic E-state index is 12.0. The molecular formula is C20H20N4O5. The average Bonchev–Trinajstić information content (AvgIpc) is 3.26. The van der Waals surface area contributed by atoms with Gasteiger partial charge in [0.15, 0.2) is 6.61 Å². The molecule has 3 rings (SSSR count). The van der Waals surface area contributed by atoms with E-state index < -0.39 is 5.91 Å². The number of hydrogen-bond acceptors (Lipinski definition) is 7. The second-order valence-corrected chi connectivity index (χ2v) is 5.86. The molecule has 2 amide bonds. The Labute approximate surface area is 167 Å². The van der Waals surface area contributed by atoms with E-state index >= 15 is 0 Å². The van der Waals surface area contributed by atoms with Crippen LogP contribution in [0.15, 0.2) is 59.1 Å². The molecule has 0 saturated carbocycles. The van der Waals surface area contributed by atoms with Crippen molar-refractivity contribution < 1.29 is 23.6 Å². The average molecular weight is 396 g/mol. The first kappa shape index (κ1) is 19.9. The molecule has 0 saturated heterocycles. The number of rotatable bonds is 9. The summed E-state index contributed by atoms with van der Waals surface area (Å²) in [4.78, 5) is 27.9. The number of hydrogen-bond donors (Lipinski definition) is 2. The molecule has 0 aliphatic heterocycles. The molecule has 2 aromatic carbocycles. The summed E-state index contributed by atoms with van der Waals surface area (Å²) in [6, 6.07) is 16.1. The number of carbonyl (C=O) groups excluding carboxylic acids is 2. The monoisotopic (exact) mass is 396 g/mol. The number of carbonyl (C=O) groups is 2. The highest BCUT2D eigenvalue weighted by atomic mass is 16.5. The van der Waals surface area contributed by atoms with Gasteiger partial charge in [0, 0.05) is 18.7 Å². The number of nitrogens with zero attached hydrogens (tertiary/aromatic N) is 2. The summed E-state index contributed by atoms with van der Waals surface area (Å²) in [5, 5.41) is 9.03. The lowest BCUT2D eigenvalue weighted by molar-refractivity contribution is -0.123. The molecule has 1 heterocycles. The largest absolute Gasteiger partial charge is 0.497 e. The number of amides is 2. The van der Waals surface area contributed by atoms with Gasteiger partial charge < -0.3 is 24.6 Å². The fourth-order valence-electron chi connectivity index (χ4n) is 2.35. The van der Waals surface area contributed by atoms with Crippen LogP contribution in [-0.4, -0.2) is 48.8 Å². The van der Waals surface area contributed by atoms with Crippen molar-refractivity contribution in [3.05, 3.63) is 60.5 Å². The van der Waals surface area contributed by atoms with Gasteiger partial charge in [-0.15, -0.1) is 0 Å². The minimum absolute atomic E-state index is 0.135. The van der Waals surface area contributed by atoms with Crippen LogP contribution in [0.1, 0.15) is 10.7 Å². The Bertz CT molecular complexity index is 941. The fourth-order valence-corrected chi connectivity index (χ4v) is 2.35. The van der Waals surface area contributed by atoms with Crippen molar-refractivity contribution in [2.24, 2.45) is 0 Å². The molecule has 0 unspecified atom stereocenters. The second kappa shape index (κ2) is 9.88. The van der Waals surface area contributed by atoms with Gasteiger partial charge in [-0.1, -0.05) is 35.5 Å². The molecule has 3 aromatic rings. The zero-order chi connectivity index (χ0) is 20.5. The quantitative estimate of drug-likeness (QED) is 0.529. The summed E-state index contributed by atoms with van der Waals surface area (Å²) in [6.07, 6.45) is 0. The first-order valence-electron chi connectivity index (χ1n) is 8.86. The predicted octanol–water partition coefficient (Wildman–Crippen LogP) is 1.67. The summed E-state index contributed by atoms with van der Waals surface area (Å²) in [7, 11) is 1.57. The van der Waals surface area contributed by atoms with E-state index in [9.17, 15) is 9.59 Å². The van der Waals surface area contributed by atoms with Crippen LogP contribution >= 0.6 is 0 Å². The van der Waals surface area contributed by atoms with Gasteiger partial charge in [-0.25, -0.2) is 0 Å². The van der Waals surface area contributed by atoms with Gasteiger partial charge in [0.25, 0.3) is 5.91 Å². The highest BCUT2D eigenvalue weighted by molar-refractivity contribution is 5.89. The standard InChI is InChI=1S/C20H20N4O5/c1-27-15-7-9-16(10-8-15)28-13-17(25)21-11-12-22-19(26)20-23-18(24-29-20)14-5-3-2-4-6-14/h2-10H,11-13H2,1H3,(H,21,25)(H,22,26). The first-order valence-corrected chi connectivity index (χ1v) is 8.86. The lowest BCUT2D eigenvalue weighted by Gasteiger charge is -2.08. The Morgan fingerprint density at radius 3 is 2.38 bits per heavy atom. The Balaban J connectivity index is 1.36. The third-order valence-corrected chi connectivity index (χ3v) is 3.81. The van der Waals surface area contributed by atoms with Crippen LogP contribution in [0, 0.1) is 0 Å². The van der Waals surface area contributed by atoms with Crippen LogP contribution in [0.4, 0.5) is 0 Å². The third kappa shape index (κ3) is 5.80. The topological polar surface area (TPSA) is 116 Å². The summed E-state index contributed by atoms with van der Waals surface area (Å²) in [5.41, 5.74) is 0.749.